The Morgan fingerprint density at radius 3 is 1.96 bits per heavy atom. The first-order valence-electron chi connectivity index (χ1n) is 8.59. The normalized spacial score (nSPS) is 13.6. The van der Waals surface area contributed by atoms with E-state index in [1.54, 1.807) is 12.1 Å². The molecule has 0 saturated carbocycles. The summed E-state index contributed by atoms with van der Waals surface area (Å²) in [5.41, 5.74) is -1.06. The summed E-state index contributed by atoms with van der Waals surface area (Å²) in [6, 6.07) is 7.24. The number of aryl methyl sites for hydroxylation is 1. The number of hydrogen-bond donors (Lipinski definition) is 2. The summed E-state index contributed by atoms with van der Waals surface area (Å²) in [7, 11) is 0. The van der Waals surface area contributed by atoms with Gasteiger partial charge in [0.05, 0.1) is 0 Å². The lowest BCUT2D eigenvalue weighted by Gasteiger charge is -2.22. The van der Waals surface area contributed by atoms with Crippen molar-refractivity contribution in [1.82, 2.24) is 0 Å². The van der Waals surface area contributed by atoms with Crippen LogP contribution in [-0.2, 0) is 11.2 Å². The van der Waals surface area contributed by atoms with Crippen molar-refractivity contribution in [3.8, 4) is 0 Å². The molecule has 0 fully saturated rings. The third kappa shape index (κ3) is 5.84. The monoisotopic (exact) mass is 334 g/mol. The molecule has 0 aliphatic carbocycles. The highest BCUT2D eigenvalue weighted by atomic mass is 16.3. The van der Waals surface area contributed by atoms with E-state index in [1.807, 2.05) is 19.1 Å². The molecule has 134 valence electrons. The van der Waals surface area contributed by atoms with E-state index in [4.69, 9.17) is 0 Å². The molecule has 1 aromatic rings. The van der Waals surface area contributed by atoms with Crippen LogP contribution in [0.2, 0.25) is 0 Å². The van der Waals surface area contributed by atoms with E-state index in [0.29, 0.717) is 5.56 Å². The standard InChI is InChI=1S/C20H30O4/c1-6-15(17(21)19(2,3)23)9-7-8-14-10-12-16(13-11-14)18(22)20(4,5)24/h10-13,15,23-24H,6-9H2,1-5H3. The van der Waals surface area contributed by atoms with Crippen LogP contribution in [0.1, 0.15) is 69.8 Å². The Bertz CT molecular complexity index is 559. The van der Waals surface area contributed by atoms with Gasteiger partial charge >= 0.3 is 0 Å². The lowest BCUT2D eigenvalue weighted by atomic mass is 9.86. The van der Waals surface area contributed by atoms with Crippen molar-refractivity contribution in [3.63, 3.8) is 0 Å². The summed E-state index contributed by atoms with van der Waals surface area (Å²) in [5.74, 6) is -0.520. The van der Waals surface area contributed by atoms with Crippen LogP contribution in [0.3, 0.4) is 0 Å². The smallest absolute Gasteiger partial charge is 0.193 e. The maximum atomic E-state index is 12.1. The third-order valence-corrected chi connectivity index (χ3v) is 4.26. The van der Waals surface area contributed by atoms with E-state index in [9.17, 15) is 19.8 Å². The number of ketones is 2. The van der Waals surface area contributed by atoms with Crippen molar-refractivity contribution in [3.05, 3.63) is 35.4 Å². The summed E-state index contributed by atoms with van der Waals surface area (Å²) in [5, 5.41) is 19.6. The van der Waals surface area contributed by atoms with Crippen LogP contribution in [-0.4, -0.2) is 33.0 Å². The first-order valence-corrected chi connectivity index (χ1v) is 8.59. The van der Waals surface area contributed by atoms with Gasteiger partial charge in [0.15, 0.2) is 11.6 Å². The molecule has 1 rings (SSSR count). The highest BCUT2D eigenvalue weighted by Gasteiger charge is 2.30. The van der Waals surface area contributed by atoms with Gasteiger partial charge in [-0.3, -0.25) is 9.59 Å². The fourth-order valence-electron chi connectivity index (χ4n) is 2.75. The molecular formula is C20H30O4. The minimum Gasteiger partial charge on any atom is -0.383 e. The van der Waals surface area contributed by atoms with Gasteiger partial charge in [0.2, 0.25) is 0 Å². The van der Waals surface area contributed by atoms with Crippen molar-refractivity contribution in [2.24, 2.45) is 5.92 Å². The van der Waals surface area contributed by atoms with Gasteiger partial charge in [0.25, 0.3) is 0 Å². The highest BCUT2D eigenvalue weighted by Crippen LogP contribution is 2.21. The van der Waals surface area contributed by atoms with E-state index in [0.717, 1.165) is 31.2 Å². The quantitative estimate of drug-likeness (QED) is 0.679. The van der Waals surface area contributed by atoms with Gasteiger partial charge in [0, 0.05) is 11.5 Å². The fraction of sp³-hybridized carbons (Fsp3) is 0.600. The zero-order valence-corrected chi connectivity index (χ0v) is 15.4. The topological polar surface area (TPSA) is 74.6 Å². The molecule has 4 nitrogen and oxygen atoms in total. The van der Waals surface area contributed by atoms with Crippen molar-refractivity contribution < 1.29 is 19.8 Å². The number of rotatable bonds is 9. The number of hydrogen-bond acceptors (Lipinski definition) is 4. The van der Waals surface area contributed by atoms with Crippen LogP contribution in [0.15, 0.2) is 24.3 Å². The van der Waals surface area contributed by atoms with Crippen LogP contribution >= 0.6 is 0 Å². The highest BCUT2D eigenvalue weighted by molar-refractivity contribution is 6.01. The van der Waals surface area contributed by atoms with E-state index < -0.39 is 11.2 Å². The second-order valence-electron chi connectivity index (χ2n) is 7.51. The van der Waals surface area contributed by atoms with Crippen LogP contribution in [0.25, 0.3) is 0 Å². The maximum Gasteiger partial charge on any atom is 0.193 e. The molecule has 0 radical (unpaired) electrons. The lowest BCUT2D eigenvalue weighted by Crippen LogP contribution is -2.36. The van der Waals surface area contributed by atoms with Crippen molar-refractivity contribution >= 4 is 11.6 Å². The summed E-state index contributed by atoms with van der Waals surface area (Å²) < 4.78 is 0. The van der Waals surface area contributed by atoms with E-state index in [-0.39, 0.29) is 17.5 Å². The molecule has 1 atom stereocenters. The molecule has 0 saturated heterocycles. The molecule has 1 aromatic carbocycles. The summed E-state index contributed by atoms with van der Waals surface area (Å²) in [6.45, 7) is 8.00. The maximum absolute atomic E-state index is 12.1. The second-order valence-corrected chi connectivity index (χ2v) is 7.51. The van der Waals surface area contributed by atoms with E-state index >= 15 is 0 Å². The fourth-order valence-corrected chi connectivity index (χ4v) is 2.75. The molecule has 0 heterocycles. The average molecular weight is 334 g/mol. The van der Waals surface area contributed by atoms with Crippen molar-refractivity contribution in [1.29, 1.82) is 0 Å². The number of benzene rings is 1. The van der Waals surface area contributed by atoms with E-state index in [1.165, 1.54) is 27.7 Å². The largest absolute Gasteiger partial charge is 0.383 e. The molecule has 1 unspecified atom stereocenters. The number of carbonyl (C=O) groups excluding carboxylic acids is 2. The van der Waals surface area contributed by atoms with Crippen LogP contribution in [0, 0.1) is 5.92 Å². The zero-order chi connectivity index (χ0) is 18.5. The molecule has 2 N–H and O–H groups in total. The molecular weight excluding hydrogens is 304 g/mol. The molecule has 0 aromatic heterocycles. The Morgan fingerprint density at radius 2 is 1.54 bits per heavy atom. The predicted molar refractivity (Wildman–Crippen MR) is 95.1 cm³/mol. The van der Waals surface area contributed by atoms with Gasteiger partial charge in [-0.2, -0.15) is 0 Å². The number of Topliss-reactive ketones (excluding diaryl/α,β-unsaturated/α-hetero) is 2. The van der Waals surface area contributed by atoms with Gasteiger partial charge < -0.3 is 10.2 Å². The average Bonchev–Trinajstić information content (AvgIpc) is 2.49. The number of aliphatic hydroxyl groups is 2. The minimum atomic E-state index is -1.37. The molecule has 0 spiro atoms. The van der Waals surface area contributed by atoms with E-state index in [2.05, 4.69) is 0 Å². The summed E-state index contributed by atoms with van der Waals surface area (Å²) >= 11 is 0. The van der Waals surface area contributed by atoms with Crippen LogP contribution < -0.4 is 0 Å². The molecule has 4 heteroatoms. The Hall–Kier alpha value is -1.52. The lowest BCUT2D eigenvalue weighted by molar-refractivity contribution is -0.138. The number of carbonyl (C=O) groups is 2. The Kier molecular flexibility index (Phi) is 6.87. The van der Waals surface area contributed by atoms with Crippen LogP contribution in [0.4, 0.5) is 0 Å². The van der Waals surface area contributed by atoms with Crippen molar-refractivity contribution in [2.75, 3.05) is 0 Å². The third-order valence-electron chi connectivity index (χ3n) is 4.26. The Labute approximate surface area is 144 Å². The van der Waals surface area contributed by atoms with Gasteiger partial charge in [-0.15, -0.1) is 0 Å². The molecule has 0 bridgehead atoms. The Balaban J connectivity index is 2.60. The van der Waals surface area contributed by atoms with Gasteiger partial charge in [-0.25, -0.2) is 0 Å². The van der Waals surface area contributed by atoms with Gasteiger partial charge in [-0.1, -0.05) is 31.2 Å². The minimum absolute atomic E-state index is 0.101. The van der Waals surface area contributed by atoms with Gasteiger partial charge in [0.1, 0.15) is 11.2 Å². The molecule has 0 aliphatic rings. The molecule has 0 aliphatic heterocycles. The summed E-state index contributed by atoms with van der Waals surface area (Å²) in [6.07, 6.45) is 3.12. The van der Waals surface area contributed by atoms with Crippen molar-refractivity contribution in [2.45, 2.75) is 71.5 Å². The SMILES string of the molecule is CCC(CCCc1ccc(C(=O)C(C)(C)O)cc1)C(=O)C(C)(C)O. The first-order chi connectivity index (χ1) is 11.0. The predicted octanol–water partition coefficient (Wildman–Crippen LogP) is 3.33. The Morgan fingerprint density at radius 1 is 1.00 bits per heavy atom. The first kappa shape index (κ1) is 20.5. The summed E-state index contributed by atoms with van der Waals surface area (Å²) in [4.78, 5) is 24.1. The van der Waals surface area contributed by atoms with Gasteiger partial charge in [-0.05, 0) is 58.9 Å². The molecule has 24 heavy (non-hydrogen) atoms. The van der Waals surface area contributed by atoms with Crippen LogP contribution in [0.5, 0.6) is 0 Å². The molecule has 0 amide bonds. The second kappa shape index (κ2) is 8.04. The zero-order valence-electron chi connectivity index (χ0n) is 15.4.